The van der Waals surface area contributed by atoms with E-state index in [1.165, 1.54) is 0 Å². The van der Waals surface area contributed by atoms with Crippen molar-refractivity contribution in [1.29, 1.82) is 0 Å². The Labute approximate surface area is 159 Å². The minimum Gasteiger partial charge on any atom is -0.493 e. The van der Waals surface area contributed by atoms with E-state index in [0.717, 1.165) is 17.5 Å². The molecule has 0 bridgehead atoms. The quantitative estimate of drug-likeness (QED) is 0.699. The molecule has 0 aliphatic rings. The second-order valence-corrected chi connectivity index (χ2v) is 6.28. The predicted octanol–water partition coefficient (Wildman–Crippen LogP) is 3.79. The van der Waals surface area contributed by atoms with Crippen LogP contribution in [-0.4, -0.2) is 26.7 Å². The number of nitrogens with one attached hydrogen (secondary N) is 2. The number of ether oxygens (including phenoxy) is 2. The zero-order valence-corrected chi connectivity index (χ0v) is 16.2. The van der Waals surface area contributed by atoms with E-state index in [1.54, 1.807) is 14.2 Å². The van der Waals surface area contributed by atoms with Crippen molar-refractivity contribution in [2.75, 3.05) is 20.8 Å². The number of halogens is 1. The summed E-state index contributed by atoms with van der Waals surface area (Å²) in [5.74, 6) is 1.09. The molecule has 0 heterocycles. The number of hydrogen-bond donors (Lipinski definition) is 2. The van der Waals surface area contributed by atoms with E-state index < -0.39 is 0 Å². The summed E-state index contributed by atoms with van der Waals surface area (Å²) in [6.45, 7) is 3.97. The molecule has 140 valence electrons. The fourth-order valence-electron chi connectivity index (χ4n) is 2.59. The van der Waals surface area contributed by atoms with Gasteiger partial charge in [-0.05, 0) is 41.8 Å². The van der Waals surface area contributed by atoms with Crippen molar-refractivity contribution >= 4 is 17.5 Å². The molecule has 5 nitrogen and oxygen atoms in total. The highest BCUT2D eigenvalue weighted by atomic mass is 35.5. The molecule has 0 atom stereocenters. The van der Waals surface area contributed by atoms with Crippen molar-refractivity contribution < 1.29 is 14.3 Å². The number of carbonyl (C=O) groups excluding carboxylic acids is 1. The lowest BCUT2D eigenvalue weighted by molar-refractivity contribution is 0.0953. The third-order valence-electron chi connectivity index (χ3n) is 3.88. The SMILES string of the molecule is CCCNC(=O)c1cccc(CNCc2cc(Cl)c(OC)c(OC)c2)c1. The summed E-state index contributed by atoms with van der Waals surface area (Å²) in [7, 11) is 3.14. The minimum absolute atomic E-state index is 0.0413. The standard InChI is InChI=1S/C20H25ClN2O3/c1-4-8-23-20(24)16-7-5-6-14(9-16)12-22-13-15-10-17(21)19(26-3)18(11-15)25-2/h5-7,9-11,22H,4,8,12-13H2,1-3H3,(H,23,24). The maximum absolute atomic E-state index is 12.0. The summed E-state index contributed by atoms with van der Waals surface area (Å²) >= 11 is 6.23. The molecule has 2 aromatic rings. The zero-order chi connectivity index (χ0) is 18.9. The molecule has 0 spiro atoms. The van der Waals surface area contributed by atoms with E-state index >= 15 is 0 Å². The average molecular weight is 377 g/mol. The lowest BCUT2D eigenvalue weighted by atomic mass is 10.1. The summed E-state index contributed by atoms with van der Waals surface area (Å²) in [6.07, 6.45) is 0.918. The summed E-state index contributed by atoms with van der Waals surface area (Å²) in [5.41, 5.74) is 2.71. The summed E-state index contributed by atoms with van der Waals surface area (Å²) < 4.78 is 10.6. The van der Waals surface area contributed by atoms with E-state index in [9.17, 15) is 4.79 Å². The van der Waals surface area contributed by atoms with Gasteiger partial charge in [0.2, 0.25) is 0 Å². The molecule has 2 aromatic carbocycles. The monoisotopic (exact) mass is 376 g/mol. The van der Waals surface area contributed by atoms with Crippen molar-refractivity contribution in [1.82, 2.24) is 10.6 Å². The van der Waals surface area contributed by atoms with Gasteiger partial charge in [0, 0.05) is 25.2 Å². The van der Waals surface area contributed by atoms with E-state index in [-0.39, 0.29) is 5.91 Å². The van der Waals surface area contributed by atoms with Gasteiger partial charge in [0.1, 0.15) is 0 Å². The normalized spacial score (nSPS) is 10.5. The summed E-state index contributed by atoms with van der Waals surface area (Å²) in [5, 5.41) is 6.76. The van der Waals surface area contributed by atoms with Crippen molar-refractivity contribution in [3.63, 3.8) is 0 Å². The van der Waals surface area contributed by atoms with Crippen LogP contribution in [0.1, 0.15) is 34.8 Å². The number of rotatable bonds is 9. The Morgan fingerprint density at radius 3 is 2.54 bits per heavy atom. The number of carbonyl (C=O) groups is 1. The maximum Gasteiger partial charge on any atom is 0.251 e. The van der Waals surface area contributed by atoms with Gasteiger partial charge in [-0.25, -0.2) is 0 Å². The molecule has 2 N–H and O–H groups in total. The van der Waals surface area contributed by atoms with Crippen LogP contribution < -0.4 is 20.1 Å². The van der Waals surface area contributed by atoms with Crippen LogP contribution in [-0.2, 0) is 13.1 Å². The van der Waals surface area contributed by atoms with Crippen LogP contribution in [0.15, 0.2) is 36.4 Å². The fraction of sp³-hybridized carbons (Fsp3) is 0.350. The fourth-order valence-corrected chi connectivity index (χ4v) is 2.90. The van der Waals surface area contributed by atoms with Crippen LogP contribution in [0.5, 0.6) is 11.5 Å². The highest BCUT2D eigenvalue weighted by Crippen LogP contribution is 2.35. The van der Waals surface area contributed by atoms with Gasteiger partial charge in [0.15, 0.2) is 11.5 Å². The first-order chi connectivity index (χ1) is 12.6. The molecule has 0 fully saturated rings. The van der Waals surface area contributed by atoms with Gasteiger partial charge in [-0.1, -0.05) is 30.7 Å². The molecular formula is C20H25ClN2O3. The second kappa shape index (κ2) is 10.0. The first-order valence-electron chi connectivity index (χ1n) is 8.57. The summed E-state index contributed by atoms with van der Waals surface area (Å²) in [4.78, 5) is 12.0. The number of hydrogen-bond acceptors (Lipinski definition) is 4. The van der Waals surface area contributed by atoms with Gasteiger partial charge in [-0.15, -0.1) is 0 Å². The van der Waals surface area contributed by atoms with E-state index in [2.05, 4.69) is 10.6 Å². The summed E-state index contributed by atoms with van der Waals surface area (Å²) in [6, 6.07) is 11.4. The first-order valence-corrected chi connectivity index (χ1v) is 8.95. The average Bonchev–Trinajstić information content (AvgIpc) is 2.65. The van der Waals surface area contributed by atoms with Gasteiger partial charge in [0.25, 0.3) is 5.91 Å². The molecule has 0 saturated carbocycles. The lowest BCUT2D eigenvalue weighted by Gasteiger charge is -2.12. The number of methoxy groups -OCH3 is 2. The smallest absolute Gasteiger partial charge is 0.251 e. The minimum atomic E-state index is -0.0413. The molecule has 26 heavy (non-hydrogen) atoms. The van der Waals surface area contributed by atoms with Crippen LogP contribution in [0.3, 0.4) is 0 Å². The van der Waals surface area contributed by atoms with E-state index in [0.29, 0.717) is 41.7 Å². The van der Waals surface area contributed by atoms with Crippen molar-refractivity contribution in [3.05, 3.63) is 58.1 Å². The third kappa shape index (κ3) is 5.38. The molecule has 0 saturated heterocycles. The Kier molecular flexibility index (Phi) is 7.75. The van der Waals surface area contributed by atoms with Crippen LogP contribution in [0.4, 0.5) is 0 Å². The van der Waals surface area contributed by atoms with Gasteiger partial charge in [-0.3, -0.25) is 4.79 Å². The van der Waals surface area contributed by atoms with Crippen LogP contribution in [0.25, 0.3) is 0 Å². The molecule has 1 amide bonds. The van der Waals surface area contributed by atoms with Gasteiger partial charge in [0.05, 0.1) is 19.2 Å². The Bertz CT molecular complexity index is 750. The highest BCUT2D eigenvalue weighted by Gasteiger charge is 2.11. The van der Waals surface area contributed by atoms with Gasteiger partial charge in [-0.2, -0.15) is 0 Å². The molecule has 2 rings (SSSR count). The van der Waals surface area contributed by atoms with Crippen molar-refractivity contribution in [3.8, 4) is 11.5 Å². The number of benzene rings is 2. The molecule has 0 unspecified atom stereocenters. The molecule has 6 heteroatoms. The first kappa shape index (κ1) is 20.1. The van der Waals surface area contributed by atoms with Gasteiger partial charge < -0.3 is 20.1 Å². The molecule has 0 radical (unpaired) electrons. The molecule has 0 aliphatic carbocycles. The van der Waals surface area contributed by atoms with Gasteiger partial charge >= 0.3 is 0 Å². The van der Waals surface area contributed by atoms with Crippen molar-refractivity contribution in [2.45, 2.75) is 26.4 Å². The Morgan fingerprint density at radius 2 is 1.85 bits per heavy atom. The van der Waals surface area contributed by atoms with Crippen LogP contribution in [0, 0.1) is 0 Å². The van der Waals surface area contributed by atoms with E-state index in [1.807, 2.05) is 43.3 Å². The zero-order valence-electron chi connectivity index (χ0n) is 15.4. The second-order valence-electron chi connectivity index (χ2n) is 5.87. The van der Waals surface area contributed by atoms with Crippen molar-refractivity contribution in [2.24, 2.45) is 0 Å². The Morgan fingerprint density at radius 1 is 1.08 bits per heavy atom. The van der Waals surface area contributed by atoms with Crippen LogP contribution in [0.2, 0.25) is 5.02 Å². The predicted molar refractivity (Wildman–Crippen MR) is 104 cm³/mol. The maximum atomic E-state index is 12.0. The van der Waals surface area contributed by atoms with Crippen LogP contribution >= 0.6 is 11.6 Å². The number of amides is 1. The Balaban J connectivity index is 1.98. The molecule has 0 aromatic heterocycles. The molecule has 0 aliphatic heterocycles. The third-order valence-corrected chi connectivity index (χ3v) is 4.16. The molecular weight excluding hydrogens is 352 g/mol. The lowest BCUT2D eigenvalue weighted by Crippen LogP contribution is -2.24. The Hall–Kier alpha value is -2.24. The topological polar surface area (TPSA) is 59.6 Å². The largest absolute Gasteiger partial charge is 0.493 e. The van der Waals surface area contributed by atoms with E-state index in [4.69, 9.17) is 21.1 Å². The highest BCUT2D eigenvalue weighted by molar-refractivity contribution is 6.32.